The zero-order valence-corrected chi connectivity index (χ0v) is 12.0. The third kappa shape index (κ3) is 2.95. The highest BCUT2D eigenvalue weighted by Gasteiger charge is 2.31. The lowest BCUT2D eigenvalue weighted by molar-refractivity contribution is 0.605. The van der Waals surface area contributed by atoms with Gasteiger partial charge in [0.1, 0.15) is 0 Å². The van der Waals surface area contributed by atoms with Gasteiger partial charge in [-0.05, 0) is 40.4 Å². The van der Waals surface area contributed by atoms with E-state index in [1.54, 1.807) is 6.20 Å². The summed E-state index contributed by atoms with van der Waals surface area (Å²) in [4.78, 5) is 6.31. The third-order valence-electron chi connectivity index (χ3n) is 3.24. The number of hydrogen-bond donors (Lipinski definition) is 0. The van der Waals surface area contributed by atoms with Gasteiger partial charge in [0.25, 0.3) is 0 Å². The van der Waals surface area contributed by atoms with Gasteiger partial charge in [-0.25, -0.2) is 9.37 Å². The quantitative estimate of drug-likeness (QED) is 0.841. The summed E-state index contributed by atoms with van der Waals surface area (Å²) in [6.45, 7) is 0.705. The van der Waals surface area contributed by atoms with Crippen molar-refractivity contribution in [3.63, 3.8) is 0 Å². The number of pyridine rings is 1. The van der Waals surface area contributed by atoms with Crippen LogP contribution in [-0.4, -0.2) is 11.0 Å². The zero-order chi connectivity index (χ0) is 13.2. The maximum absolute atomic E-state index is 14.1. The Morgan fingerprint density at radius 2 is 2.00 bits per heavy atom. The summed E-state index contributed by atoms with van der Waals surface area (Å²) in [6.07, 6.45) is 3.88. The average Bonchev–Trinajstić information content (AvgIpc) is 3.22. The number of anilines is 1. The van der Waals surface area contributed by atoms with Gasteiger partial charge in [-0.2, -0.15) is 0 Å². The van der Waals surface area contributed by atoms with Gasteiger partial charge in [-0.1, -0.05) is 30.3 Å². The van der Waals surface area contributed by atoms with Crippen LogP contribution in [0.15, 0.2) is 47.1 Å². The van der Waals surface area contributed by atoms with Gasteiger partial charge >= 0.3 is 0 Å². The predicted molar refractivity (Wildman–Crippen MR) is 77.5 cm³/mol. The fourth-order valence-corrected chi connectivity index (χ4v) is 2.47. The van der Waals surface area contributed by atoms with Gasteiger partial charge in [0.2, 0.25) is 0 Å². The van der Waals surface area contributed by atoms with E-state index in [-0.39, 0.29) is 5.82 Å². The molecule has 3 rings (SSSR count). The summed E-state index contributed by atoms with van der Waals surface area (Å²) in [6, 6.07) is 12.0. The minimum absolute atomic E-state index is 0.266. The van der Waals surface area contributed by atoms with Gasteiger partial charge in [0, 0.05) is 23.3 Å². The summed E-state index contributed by atoms with van der Waals surface area (Å²) < 4.78 is 14.7. The first-order valence-corrected chi connectivity index (χ1v) is 7.15. The van der Waals surface area contributed by atoms with Crippen molar-refractivity contribution in [3.05, 3.63) is 58.4 Å². The zero-order valence-electron chi connectivity index (χ0n) is 10.4. The van der Waals surface area contributed by atoms with E-state index in [0.717, 1.165) is 12.8 Å². The van der Waals surface area contributed by atoms with E-state index in [9.17, 15) is 4.39 Å². The van der Waals surface area contributed by atoms with Gasteiger partial charge in [-0.15, -0.1) is 0 Å². The molecule has 0 amide bonds. The lowest BCUT2D eigenvalue weighted by atomic mass is 10.2. The van der Waals surface area contributed by atoms with Crippen LogP contribution in [0.1, 0.15) is 18.4 Å². The van der Waals surface area contributed by atoms with Crippen LogP contribution in [0.3, 0.4) is 0 Å². The number of nitrogens with zero attached hydrogens (tertiary/aromatic N) is 2. The molecule has 2 nitrogen and oxygen atoms in total. The molecule has 0 bridgehead atoms. The van der Waals surface area contributed by atoms with Gasteiger partial charge in [0.05, 0.1) is 0 Å². The molecule has 98 valence electrons. The molecule has 0 radical (unpaired) electrons. The van der Waals surface area contributed by atoms with Crippen LogP contribution in [0.4, 0.5) is 10.2 Å². The Balaban J connectivity index is 1.89. The highest BCUT2D eigenvalue weighted by molar-refractivity contribution is 9.10. The second-order valence-corrected chi connectivity index (χ2v) is 5.72. The maximum Gasteiger partial charge on any atom is 0.166 e. The first-order chi connectivity index (χ1) is 9.24. The van der Waals surface area contributed by atoms with Crippen molar-refractivity contribution in [2.75, 3.05) is 4.90 Å². The van der Waals surface area contributed by atoms with Crippen LogP contribution < -0.4 is 4.90 Å². The lowest BCUT2D eigenvalue weighted by Crippen LogP contribution is -2.27. The molecule has 1 fully saturated rings. The molecule has 0 unspecified atom stereocenters. The smallest absolute Gasteiger partial charge is 0.166 e. The highest BCUT2D eigenvalue weighted by atomic mass is 79.9. The molecule has 1 saturated carbocycles. The standard InChI is InChI=1S/C15H14BrFN2/c16-12-8-14(17)15(18-9-12)19(13-6-7-13)10-11-4-2-1-3-5-11/h1-5,8-9,13H,6-7,10H2. The molecule has 0 spiro atoms. The molecule has 0 N–H and O–H groups in total. The Hall–Kier alpha value is -1.42. The van der Waals surface area contributed by atoms with Crippen LogP contribution >= 0.6 is 15.9 Å². The lowest BCUT2D eigenvalue weighted by Gasteiger charge is -2.24. The summed E-state index contributed by atoms with van der Waals surface area (Å²) in [5, 5.41) is 0. The van der Waals surface area contributed by atoms with Crippen LogP contribution in [0.5, 0.6) is 0 Å². The molecule has 1 aliphatic carbocycles. The van der Waals surface area contributed by atoms with Crippen molar-refractivity contribution < 1.29 is 4.39 Å². The number of benzene rings is 1. The van der Waals surface area contributed by atoms with Crippen LogP contribution in [0.25, 0.3) is 0 Å². The van der Waals surface area contributed by atoms with E-state index in [0.29, 0.717) is 22.9 Å². The van der Waals surface area contributed by atoms with Crippen molar-refractivity contribution in [3.8, 4) is 0 Å². The summed E-state index contributed by atoms with van der Waals surface area (Å²) in [7, 11) is 0. The second kappa shape index (κ2) is 5.29. The Bertz CT molecular complexity index is 570. The monoisotopic (exact) mass is 320 g/mol. The van der Waals surface area contributed by atoms with E-state index in [4.69, 9.17) is 0 Å². The van der Waals surface area contributed by atoms with Crippen molar-refractivity contribution in [2.45, 2.75) is 25.4 Å². The Morgan fingerprint density at radius 1 is 1.26 bits per heavy atom. The van der Waals surface area contributed by atoms with E-state index in [1.165, 1.54) is 11.6 Å². The van der Waals surface area contributed by atoms with E-state index in [2.05, 4.69) is 37.9 Å². The van der Waals surface area contributed by atoms with E-state index in [1.807, 2.05) is 18.2 Å². The summed E-state index contributed by atoms with van der Waals surface area (Å²) in [5.41, 5.74) is 1.18. The average molecular weight is 321 g/mol. The predicted octanol–water partition coefficient (Wildman–Crippen LogP) is 4.15. The molecule has 1 aromatic carbocycles. The number of hydrogen-bond acceptors (Lipinski definition) is 2. The molecule has 1 heterocycles. The van der Waals surface area contributed by atoms with Crippen molar-refractivity contribution in [1.29, 1.82) is 0 Å². The number of halogens is 2. The van der Waals surface area contributed by atoms with Crippen molar-refractivity contribution in [2.24, 2.45) is 0 Å². The molecule has 4 heteroatoms. The topological polar surface area (TPSA) is 16.1 Å². The van der Waals surface area contributed by atoms with E-state index < -0.39 is 0 Å². The van der Waals surface area contributed by atoms with Gasteiger partial charge in [0.15, 0.2) is 11.6 Å². The molecule has 19 heavy (non-hydrogen) atoms. The molecule has 1 aliphatic rings. The summed E-state index contributed by atoms with van der Waals surface area (Å²) in [5.74, 6) is 0.187. The van der Waals surface area contributed by atoms with Crippen LogP contribution in [0, 0.1) is 5.82 Å². The first kappa shape index (κ1) is 12.6. The Kier molecular flexibility index (Phi) is 3.51. The van der Waals surface area contributed by atoms with Crippen LogP contribution in [-0.2, 0) is 6.54 Å². The summed E-state index contributed by atoms with van der Waals surface area (Å²) >= 11 is 3.24. The minimum atomic E-state index is -0.266. The van der Waals surface area contributed by atoms with Crippen LogP contribution in [0.2, 0.25) is 0 Å². The SMILES string of the molecule is Fc1cc(Br)cnc1N(Cc1ccccc1)C1CC1. The highest BCUT2D eigenvalue weighted by Crippen LogP contribution is 2.33. The Morgan fingerprint density at radius 3 is 2.63 bits per heavy atom. The normalized spacial score (nSPS) is 14.4. The van der Waals surface area contributed by atoms with Gasteiger partial charge < -0.3 is 4.90 Å². The van der Waals surface area contributed by atoms with Crippen molar-refractivity contribution in [1.82, 2.24) is 4.98 Å². The molecular weight excluding hydrogens is 307 g/mol. The molecule has 1 aromatic heterocycles. The fraction of sp³-hybridized carbons (Fsp3) is 0.267. The molecule has 2 aromatic rings. The molecule has 0 aliphatic heterocycles. The second-order valence-electron chi connectivity index (χ2n) is 4.80. The minimum Gasteiger partial charge on any atom is -0.347 e. The number of rotatable bonds is 4. The molecular formula is C15H14BrFN2. The number of aromatic nitrogens is 1. The Labute approximate surface area is 120 Å². The molecule has 0 atom stereocenters. The van der Waals surface area contributed by atoms with E-state index >= 15 is 0 Å². The maximum atomic E-state index is 14.1. The largest absolute Gasteiger partial charge is 0.347 e. The fourth-order valence-electron chi connectivity index (χ4n) is 2.16. The van der Waals surface area contributed by atoms with Crippen molar-refractivity contribution >= 4 is 21.7 Å². The van der Waals surface area contributed by atoms with Gasteiger partial charge in [-0.3, -0.25) is 0 Å². The third-order valence-corrected chi connectivity index (χ3v) is 3.68. The first-order valence-electron chi connectivity index (χ1n) is 6.35. The molecule has 0 saturated heterocycles.